The molecule has 0 radical (unpaired) electrons. The van der Waals surface area contributed by atoms with Gasteiger partial charge >= 0.3 is 5.97 Å². The Balaban J connectivity index is 2.04. The minimum Gasteiger partial charge on any atom is -0.493 e. The van der Waals surface area contributed by atoms with Crippen LogP contribution in [0.5, 0.6) is 11.5 Å². The van der Waals surface area contributed by atoms with Gasteiger partial charge in [-0.05, 0) is 23.8 Å². The van der Waals surface area contributed by atoms with Gasteiger partial charge in [-0.3, -0.25) is 9.59 Å². The van der Waals surface area contributed by atoms with E-state index in [1.54, 1.807) is 25.3 Å². The molecule has 0 spiro atoms. The molecule has 1 aliphatic heterocycles. The number of hydrogen-bond acceptors (Lipinski definition) is 7. The first-order valence-electron chi connectivity index (χ1n) is 6.56. The van der Waals surface area contributed by atoms with Crippen molar-refractivity contribution >= 4 is 35.0 Å². The predicted molar refractivity (Wildman–Crippen MR) is 86.3 cm³/mol. The van der Waals surface area contributed by atoms with Crippen LogP contribution in [0.1, 0.15) is 12.0 Å². The highest BCUT2D eigenvalue weighted by Crippen LogP contribution is 2.27. The van der Waals surface area contributed by atoms with Gasteiger partial charge in [0.2, 0.25) is 5.91 Å². The number of thioether (sulfide) groups is 1. The molecule has 1 heterocycles. The molecule has 1 aliphatic rings. The molecule has 1 amide bonds. The molecule has 2 N–H and O–H groups in total. The number of hydrogen-bond donors (Lipinski definition) is 2. The molecule has 9 heteroatoms. The molecule has 8 nitrogen and oxygen atoms in total. The van der Waals surface area contributed by atoms with Crippen molar-refractivity contribution in [3.8, 4) is 11.5 Å². The molecular weight excluding hydrogens is 322 g/mol. The second-order valence-electron chi connectivity index (χ2n) is 4.46. The number of ether oxygens (including phenoxy) is 2. The Kier molecular flexibility index (Phi) is 5.58. The Morgan fingerprint density at radius 2 is 2.13 bits per heavy atom. The number of aliphatic carboxylic acids is 1. The van der Waals surface area contributed by atoms with Crippen LogP contribution in [0.15, 0.2) is 28.4 Å². The third-order valence-corrected chi connectivity index (χ3v) is 3.97. The molecule has 0 bridgehead atoms. The van der Waals surface area contributed by atoms with E-state index in [0.29, 0.717) is 11.5 Å². The Labute approximate surface area is 136 Å². The Morgan fingerprint density at radius 3 is 2.78 bits per heavy atom. The summed E-state index contributed by atoms with van der Waals surface area (Å²) in [6.45, 7) is 0. The number of amidine groups is 1. The lowest BCUT2D eigenvalue weighted by molar-refractivity contribution is -0.138. The number of rotatable bonds is 6. The second kappa shape index (κ2) is 7.63. The van der Waals surface area contributed by atoms with Gasteiger partial charge < -0.3 is 19.9 Å². The third kappa shape index (κ3) is 4.46. The van der Waals surface area contributed by atoms with E-state index in [1.807, 2.05) is 0 Å². The van der Waals surface area contributed by atoms with Crippen LogP contribution in [0.2, 0.25) is 0 Å². The van der Waals surface area contributed by atoms with Crippen molar-refractivity contribution in [1.29, 1.82) is 0 Å². The van der Waals surface area contributed by atoms with E-state index < -0.39 is 11.2 Å². The van der Waals surface area contributed by atoms with Crippen LogP contribution in [0.4, 0.5) is 0 Å². The first-order chi connectivity index (χ1) is 11.0. The number of carboxylic acids is 1. The smallest absolute Gasteiger partial charge is 0.305 e. The quantitative estimate of drug-likeness (QED) is 0.594. The van der Waals surface area contributed by atoms with Crippen LogP contribution in [0.3, 0.4) is 0 Å². The zero-order chi connectivity index (χ0) is 16.8. The lowest BCUT2D eigenvalue weighted by Gasteiger charge is -2.07. The Bertz CT molecular complexity index is 674. The summed E-state index contributed by atoms with van der Waals surface area (Å²) in [5.41, 5.74) is 0.739. The molecule has 1 saturated heterocycles. The summed E-state index contributed by atoms with van der Waals surface area (Å²) >= 11 is 1.05. The second-order valence-corrected chi connectivity index (χ2v) is 5.65. The van der Waals surface area contributed by atoms with E-state index in [-0.39, 0.29) is 17.5 Å². The molecule has 1 unspecified atom stereocenters. The molecule has 122 valence electrons. The average Bonchev–Trinajstić information content (AvgIpc) is 2.86. The third-order valence-electron chi connectivity index (χ3n) is 2.90. The van der Waals surface area contributed by atoms with Gasteiger partial charge in [0.15, 0.2) is 16.7 Å². The van der Waals surface area contributed by atoms with Crippen molar-refractivity contribution in [2.24, 2.45) is 10.2 Å². The van der Waals surface area contributed by atoms with Crippen molar-refractivity contribution in [3.05, 3.63) is 23.8 Å². The number of carboxylic acid groups (broad SMARTS) is 1. The first kappa shape index (κ1) is 16.8. The monoisotopic (exact) mass is 337 g/mol. The number of carbonyl (C=O) groups is 2. The molecule has 1 atom stereocenters. The zero-order valence-electron chi connectivity index (χ0n) is 12.5. The van der Waals surface area contributed by atoms with Crippen molar-refractivity contribution in [1.82, 2.24) is 5.32 Å². The summed E-state index contributed by atoms with van der Waals surface area (Å²) in [6, 6.07) is 5.25. The van der Waals surface area contributed by atoms with E-state index in [4.69, 9.17) is 14.6 Å². The van der Waals surface area contributed by atoms with E-state index in [9.17, 15) is 9.59 Å². The molecule has 2 rings (SSSR count). The lowest BCUT2D eigenvalue weighted by Crippen LogP contribution is -2.26. The topological polar surface area (TPSA) is 110 Å². The molecule has 1 fully saturated rings. The van der Waals surface area contributed by atoms with Crippen molar-refractivity contribution in [3.63, 3.8) is 0 Å². The maximum Gasteiger partial charge on any atom is 0.305 e. The van der Waals surface area contributed by atoms with Crippen LogP contribution in [-0.4, -0.2) is 47.8 Å². The van der Waals surface area contributed by atoms with Crippen molar-refractivity contribution in [2.75, 3.05) is 14.2 Å². The highest BCUT2D eigenvalue weighted by atomic mass is 32.2. The number of benzene rings is 1. The molecule has 23 heavy (non-hydrogen) atoms. The largest absolute Gasteiger partial charge is 0.493 e. The molecular formula is C14H15N3O5S. The number of carbonyl (C=O) groups excluding carboxylic acids is 1. The minimum absolute atomic E-state index is 0.255. The molecule has 1 aromatic carbocycles. The first-order valence-corrected chi connectivity index (χ1v) is 7.44. The van der Waals surface area contributed by atoms with Crippen LogP contribution in [-0.2, 0) is 9.59 Å². The molecule has 1 aromatic rings. The fraction of sp³-hybridized carbons (Fsp3) is 0.286. The summed E-state index contributed by atoms with van der Waals surface area (Å²) in [5.74, 6) is -0.245. The van der Waals surface area contributed by atoms with Gasteiger partial charge in [0.05, 0.1) is 26.9 Å². The number of nitrogens with one attached hydrogen (secondary N) is 1. The summed E-state index contributed by atoms with van der Waals surface area (Å²) in [6.07, 6.45) is 1.24. The summed E-state index contributed by atoms with van der Waals surface area (Å²) in [5, 5.41) is 18.6. The number of methoxy groups -OCH3 is 2. The van der Waals surface area contributed by atoms with Gasteiger partial charge in [-0.25, -0.2) is 0 Å². The Morgan fingerprint density at radius 1 is 1.39 bits per heavy atom. The summed E-state index contributed by atoms with van der Waals surface area (Å²) < 4.78 is 10.3. The maximum atomic E-state index is 11.5. The van der Waals surface area contributed by atoms with Gasteiger partial charge in [0.25, 0.3) is 0 Å². The predicted octanol–water partition coefficient (Wildman–Crippen LogP) is 1.10. The van der Waals surface area contributed by atoms with E-state index in [1.165, 1.54) is 13.3 Å². The van der Waals surface area contributed by atoms with Crippen LogP contribution >= 0.6 is 11.8 Å². The lowest BCUT2D eigenvalue weighted by atomic mass is 10.2. The van der Waals surface area contributed by atoms with Gasteiger partial charge in [-0.2, -0.15) is 5.10 Å². The van der Waals surface area contributed by atoms with E-state index in [2.05, 4.69) is 15.5 Å². The number of amides is 1. The molecule has 0 aromatic heterocycles. The standard InChI is InChI=1S/C14H15N3O5S/c1-21-9-4-3-8(5-10(9)22-2)7-15-17-14-16-13(20)11(23-14)6-12(18)19/h3-5,7,11H,6H2,1-2H3,(H,18,19)(H,16,17,20)/b15-7-. The number of nitrogens with zero attached hydrogens (tertiary/aromatic N) is 2. The molecule has 0 saturated carbocycles. The zero-order valence-corrected chi connectivity index (χ0v) is 13.3. The summed E-state index contributed by atoms with van der Waals surface area (Å²) in [7, 11) is 3.08. The fourth-order valence-corrected chi connectivity index (χ4v) is 2.74. The van der Waals surface area contributed by atoms with Crippen molar-refractivity contribution < 1.29 is 24.2 Å². The van der Waals surface area contributed by atoms with Crippen LogP contribution < -0.4 is 14.8 Å². The summed E-state index contributed by atoms with van der Waals surface area (Å²) in [4.78, 5) is 22.2. The van der Waals surface area contributed by atoms with Crippen LogP contribution in [0, 0.1) is 0 Å². The van der Waals surface area contributed by atoms with Gasteiger partial charge in [-0.15, -0.1) is 5.10 Å². The molecule has 0 aliphatic carbocycles. The van der Waals surface area contributed by atoms with Gasteiger partial charge in [0.1, 0.15) is 5.25 Å². The van der Waals surface area contributed by atoms with Gasteiger partial charge in [-0.1, -0.05) is 11.8 Å². The maximum absolute atomic E-state index is 11.5. The Hall–Kier alpha value is -2.55. The SMILES string of the molecule is COc1ccc(/C=N\N=C2/NC(=O)C(CC(=O)O)S2)cc1OC. The van der Waals surface area contributed by atoms with Crippen LogP contribution in [0.25, 0.3) is 0 Å². The van der Waals surface area contributed by atoms with E-state index in [0.717, 1.165) is 17.3 Å². The highest BCUT2D eigenvalue weighted by Gasteiger charge is 2.32. The van der Waals surface area contributed by atoms with Gasteiger partial charge in [0, 0.05) is 0 Å². The average molecular weight is 337 g/mol. The van der Waals surface area contributed by atoms with E-state index >= 15 is 0 Å². The fourth-order valence-electron chi connectivity index (χ4n) is 1.83. The minimum atomic E-state index is -1.03. The van der Waals surface area contributed by atoms with Crippen molar-refractivity contribution in [2.45, 2.75) is 11.7 Å². The highest BCUT2D eigenvalue weighted by molar-refractivity contribution is 8.15. The normalized spacial score (nSPS) is 19.1.